The number of methoxy groups -OCH3 is 3. The summed E-state index contributed by atoms with van der Waals surface area (Å²) in [7, 11) is 0.414. The van der Waals surface area contributed by atoms with E-state index in [1.54, 1.807) is 17.0 Å². The van der Waals surface area contributed by atoms with Gasteiger partial charge in [-0.2, -0.15) is 4.31 Å². The minimum absolute atomic E-state index is 0.0401. The minimum atomic E-state index is -3.78. The van der Waals surface area contributed by atoms with Crippen molar-refractivity contribution in [2.24, 2.45) is 0 Å². The lowest BCUT2D eigenvalue weighted by Gasteiger charge is -2.34. The molecule has 0 N–H and O–H groups in total. The zero-order chi connectivity index (χ0) is 21.4. The Morgan fingerprint density at radius 2 is 1.76 bits per heavy atom. The van der Waals surface area contributed by atoms with Crippen LogP contribution in [0.5, 0.6) is 11.5 Å². The number of sulfonamides is 1. The molecule has 1 heterocycles. The number of nitrogens with zero attached hydrogens (tertiary/aromatic N) is 2. The Labute approximate surface area is 175 Å². The number of ether oxygens (including phenoxy) is 3. The highest BCUT2D eigenvalue weighted by Crippen LogP contribution is 2.31. The van der Waals surface area contributed by atoms with E-state index in [9.17, 15) is 18.0 Å². The average molecular weight is 447 g/mol. The van der Waals surface area contributed by atoms with Gasteiger partial charge in [0.15, 0.2) is 0 Å². The lowest BCUT2D eigenvalue weighted by Crippen LogP contribution is -2.50. The average Bonchev–Trinajstić information content (AvgIpc) is 2.75. The Morgan fingerprint density at radius 3 is 2.34 bits per heavy atom. The van der Waals surface area contributed by atoms with Gasteiger partial charge in [0.1, 0.15) is 16.4 Å². The van der Waals surface area contributed by atoms with Crippen LogP contribution >= 0.6 is 11.8 Å². The van der Waals surface area contributed by atoms with Crippen LogP contribution in [0.4, 0.5) is 0 Å². The Morgan fingerprint density at radius 1 is 1.07 bits per heavy atom. The third-order valence-electron chi connectivity index (χ3n) is 4.49. The molecule has 11 heteroatoms. The second-order valence-electron chi connectivity index (χ2n) is 6.18. The first-order chi connectivity index (χ1) is 13.8. The molecule has 0 aromatic heterocycles. The molecule has 1 saturated heterocycles. The molecule has 1 aromatic rings. The summed E-state index contributed by atoms with van der Waals surface area (Å²) in [5, 5.41) is 0. The van der Waals surface area contributed by atoms with Crippen LogP contribution in [-0.2, 0) is 24.3 Å². The quantitative estimate of drug-likeness (QED) is 0.406. The number of carbonyl (C=O) groups is 2. The Hall–Kier alpha value is -1.98. The lowest BCUT2D eigenvalue weighted by molar-refractivity contribution is -0.137. The van der Waals surface area contributed by atoms with E-state index in [4.69, 9.17) is 9.47 Å². The maximum atomic E-state index is 13.1. The van der Waals surface area contributed by atoms with Gasteiger partial charge >= 0.3 is 5.97 Å². The predicted molar refractivity (Wildman–Crippen MR) is 109 cm³/mol. The van der Waals surface area contributed by atoms with E-state index in [0.29, 0.717) is 24.6 Å². The molecule has 0 unspecified atom stereocenters. The van der Waals surface area contributed by atoms with Gasteiger partial charge in [-0.25, -0.2) is 8.42 Å². The lowest BCUT2D eigenvalue weighted by atomic mass is 10.3. The van der Waals surface area contributed by atoms with Gasteiger partial charge in [-0.05, 0) is 12.1 Å². The van der Waals surface area contributed by atoms with Crippen LogP contribution in [0.15, 0.2) is 23.1 Å². The van der Waals surface area contributed by atoms with Crippen LogP contribution < -0.4 is 9.47 Å². The van der Waals surface area contributed by atoms with Gasteiger partial charge in [0.2, 0.25) is 15.9 Å². The van der Waals surface area contributed by atoms with Gasteiger partial charge in [0.25, 0.3) is 0 Å². The maximum absolute atomic E-state index is 13.1. The number of carbonyl (C=O) groups excluding carboxylic acids is 2. The van der Waals surface area contributed by atoms with Gasteiger partial charge in [-0.15, -0.1) is 11.8 Å². The van der Waals surface area contributed by atoms with E-state index >= 15 is 0 Å². The standard InChI is InChI=1S/C18H26N2O7S2/c1-25-14-4-5-15(26-2)16(12-14)29(23,24)20-9-7-19(8-10-20)17(21)6-11-28-13-18(22)27-3/h4-5,12H,6-11,13H2,1-3H3. The van der Waals surface area contributed by atoms with Crippen molar-refractivity contribution in [3.05, 3.63) is 18.2 Å². The van der Waals surface area contributed by atoms with Crippen LogP contribution in [0.3, 0.4) is 0 Å². The first-order valence-corrected chi connectivity index (χ1v) is 11.6. The number of thioether (sulfide) groups is 1. The molecule has 1 fully saturated rings. The van der Waals surface area contributed by atoms with Gasteiger partial charge in [0, 0.05) is 44.4 Å². The molecule has 0 atom stereocenters. The molecule has 1 aliphatic heterocycles. The van der Waals surface area contributed by atoms with E-state index in [1.807, 2.05) is 0 Å². The number of piperazine rings is 1. The molecule has 0 radical (unpaired) electrons. The van der Waals surface area contributed by atoms with E-state index in [2.05, 4.69) is 4.74 Å². The van der Waals surface area contributed by atoms with E-state index in [0.717, 1.165) is 0 Å². The van der Waals surface area contributed by atoms with Gasteiger partial charge < -0.3 is 19.1 Å². The van der Waals surface area contributed by atoms with Crippen molar-refractivity contribution in [3.63, 3.8) is 0 Å². The Bertz CT molecular complexity index is 821. The molecule has 0 saturated carbocycles. The van der Waals surface area contributed by atoms with Crippen LogP contribution in [0.25, 0.3) is 0 Å². The highest BCUT2D eigenvalue weighted by atomic mass is 32.2. The molecular weight excluding hydrogens is 420 g/mol. The van der Waals surface area contributed by atoms with Crippen LogP contribution in [0.2, 0.25) is 0 Å². The maximum Gasteiger partial charge on any atom is 0.315 e. The van der Waals surface area contributed by atoms with Crippen molar-refractivity contribution in [2.45, 2.75) is 11.3 Å². The summed E-state index contributed by atoms with van der Waals surface area (Å²) in [4.78, 5) is 25.1. The molecule has 0 aliphatic carbocycles. The molecular formula is C18H26N2O7S2. The second kappa shape index (κ2) is 10.7. The molecule has 29 heavy (non-hydrogen) atoms. The Kier molecular flexibility index (Phi) is 8.60. The van der Waals surface area contributed by atoms with Gasteiger partial charge in [0.05, 0.1) is 27.1 Å². The van der Waals surface area contributed by atoms with Crippen molar-refractivity contribution >= 4 is 33.7 Å². The summed E-state index contributed by atoms with van der Waals surface area (Å²) < 4.78 is 42.3. The summed E-state index contributed by atoms with van der Waals surface area (Å²) in [6.45, 7) is 1.02. The number of amides is 1. The topological polar surface area (TPSA) is 102 Å². The SMILES string of the molecule is COC(=O)CSCCC(=O)N1CCN(S(=O)(=O)c2cc(OC)ccc2OC)CC1. The van der Waals surface area contributed by atoms with Gasteiger partial charge in [-0.3, -0.25) is 9.59 Å². The molecule has 1 aliphatic rings. The third kappa shape index (κ3) is 6.00. The monoisotopic (exact) mass is 446 g/mol. The van der Waals surface area contributed by atoms with Crippen LogP contribution in [-0.4, -0.2) is 88.5 Å². The van der Waals surface area contributed by atoms with Crippen molar-refractivity contribution in [1.82, 2.24) is 9.21 Å². The Balaban J connectivity index is 1.94. The molecule has 1 aromatic carbocycles. The normalized spacial score (nSPS) is 15.1. The minimum Gasteiger partial charge on any atom is -0.497 e. The molecule has 0 spiro atoms. The van der Waals surface area contributed by atoms with Crippen molar-refractivity contribution in [3.8, 4) is 11.5 Å². The number of hydrogen-bond donors (Lipinski definition) is 0. The molecule has 1 amide bonds. The van der Waals surface area contributed by atoms with Crippen molar-refractivity contribution < 1.29 is 32.2 Å². The molecule has 162 valence electrons. The molecule has 9 nitrogen and oxygen atoms in total. The first-order valence-electron chi connectivity index (χ1n) is 8.98. The molecule has 2 rings (SSSR count). The number of rotatable bonds is 9. The van der Waals surface area contributed by atoms with E-state index in [-0.39, 0.29) is 47.8 Å². The second-order valence-corrected chi connectivity index (χ2v) is 9.19. The van der Waals surface area contributed by atoms with Crippen molar-refractivity contribution in [1.29, 1.82) is 0 Å². The van der Waals surface area contributed by atoms with Crippen LogP contribution in [0.1, 0.15) is 6.42 Å². The fraction of sp³-hybridized carbons (Fsp3) is 0.556. The largest absolute Gasteiger partial charge is 0.497 e. The number of hydrogen-bond acceptors (Lipinski definition) is 8. The first kappa shape index (κ1) is 23.3. The number of benzene rings is 1. The smallest absolute Gasteiger partial charge is 0.315 e. The predicted octanol–water partition coefficient (Wildman–Crippen LogP) is 0.833. The molecule has 0 bridgehead atoms. The highest BCUT2D eigenvalue weighted by Gasteiger charge is 2.32. The third-order valence-corrected chi connectivity index (χ3v) is 7.34. The van der Waals surface area contributed by atoms with Crippen molar-refractivity contribution in [2.75, 3.05) is 59.0 Å². The highest BCUT2D eigenvalue weighted by molar-refractivity contribution is 7.99. The fourth-order valence-electron chi connectivity index (χ4n) is 2.83. The summed E-state index contributed by atoms with van der Waals surface area (Å²) in [5.74, 6) is 0.994. The summed E-state index contributed by atoms with van der Waals surface area (Å²) >= 11 is 1.33. The zero-order valence-electron chi connectivity index (χ0n) is 16.8. The fourth-order valence-corrected chi connectivity index (χ4v) is 5.18. The zero-order valence-corrected chi connectivity index (χ0v) is 18.4. The number of esters is 1. The van der Waals surface area contributed by atoms with Crippen LogP contribution in [0, 0.1) is 0 Å². The summed E-state index contributed by atoms with van der Waals surface area (Å²) in [6, 6.07) is 4.62. The summed E-state index contributed by atoms with van der Waals surface area (Å²) in [5.41, 5.74) is 0. The summed E-state index contributed by atoms with van der Waals surface area (Å²) in [6.07, 6.45) is 0.290. The van der Waals surface area contributed by atoms with E-state index < -0.39 is 10.0 Å². The van der Waals surface area contributed by atoms with E-state index in [1.165, 1.54) is 43.5 Å². The van der Waals surface area contributed by atoms with Gasteiger partial charge in [-0.1, -0.05) is 0 Å².